The van der Waals surface area contributed by atoms with E-state index >= 15 is 0 Å². The number of nitrogens with one attached hydrogen (secondary N) is 1. The third kappa shape index (κ3) is 1.46. The number of aliphatic hydroxyl groups is 2. The third-order valence-corrected chi connectivity index (χ3v) is 2.89. The standard InChI is InChI=1S/C9H12N4O2/c10-3-5-7(11)8(13-12-5)4-1-2-6(14)9(4)15/h4,6,9,14-15H,1-2,11H2,(H,12,13)/t4-,6+,9-/m0/s1. The fourth-order valence-electron chi connectivity index (χ4n) is 2.01. The summed E-state index contributed by atoms with van der Waals surface area (Å²) in [6, 6.07) is 1.85. The van der Waals surface area contributed by atoms with Crippen molar-refractivity contribution in [1.29, 1.82) is 5.26 Å². The molecule has 1 heterocycles. The van der Waals surface area contributed by atoms with E-state index in [4.69, 9.17) is 11.0 Å². The number of hydrogen-bond acceptors (Lipinski definition) is 5. The molecule has 1 aromatic rings. The van der Waals surface area contributed by atoms with E-state index in [0.29, 0.717) is 18.5 Å². The van der Waals surface area contributed by atoms with E-state index in [9.17, 15) is 10.2 Å². The number of rotatable bonds is 1. The molecule has 1 aliphatic carbocycles. The summed E-state index contributed by atoms with van der Waals surface area (Å²) in [4.78, 5) is 0. The lowest BCUT2D eigenvalue weighted by molar-refractivity contribution is 0.0347. The maximum atomic E-state index is 9.68. The van der Waals surface area contributed by atoms with Crippen LogP contribution in [0.3, 0.4) is 0 Å². The Labute approximate surface area is 86.3 Å². The Balaban J connectivity index is 2.31. The minimum Gasteiger partial charge on any atom is -0.395 e. The van der Waals surface area contributed by atoms with E-state index in [1.54, 1.807) is 0 Å². The zero-order valence-corrected chi connectivity index (χ0v) is 8.01. The van der Waals surface area contributed by atoms with E-state index in [-0.39, 0.29) is 17.3 Å². The van der Waals surface area contributed by atoms with Crippen LogP contribution in [0.25, 0.3) is 0 Å². The Morgan fingerprint density at radius 2 is 2.20 bits per heavy atom. The zero-order valence-electron chi connectivity index (χ0n) is 8.01. The van der Waals surface area contributed by atoms with Gasteiger partial charge in [-0.3, -0.25) is 5.10 Å². The molecule has 80 valence electrons. The predicted molar refractivity (Wildman–Crippen MR) is 51.7 cm³/mol. The Hall–Kier alpha value is -1.58. The van der Waals surface area contributed by atoms with Gasteiger partial charge in [-0.1, -0.05) is 0 Å². The van der Waals surface area contributed by atoms with Crippen LogP contribution in [-0.2, 0) is 0 Å². The van der Waals surface area contributed by atoms with Crippen molar-refractivity contribution in [2.75, 3.05) is 5.73 Å². The highest BCUT2D eigenvalue weighted by atomic mass is 16.3. The van der Waals surface area contributed by atoms with E-state index in [1.165, 1.54) is 0 Å². The molecule has 0 spiro atoms. The van der Waals surface area contributed by atoms with Crippen molar-refractivity contribution in [3.63, 3.8) is 0 Å². The lowest BCUT2D eigenvalue weighted by Crippen LogP contribution is -2.24. The first-order chi connectivity index (χ1) is 7.15. The lowest BCUT2D eigenvalue weighted by atomic mass is 10.00. The fraction of sp³-hybridized carbons (Fsp3) is 0.556. The highest BCUT2D eigenvalue weighted by Gasteiger charge is 2.36. The highest BCUT2D eigenvalue weighted by Crippen LogP contribution is 2.36. The van der Waals surface area contributed by atoms with Crippen molar-refractivity contribution in [2.24, 2.45) is 0 Å². The summed E-state index contributed by atoms with van der Waals surface area (Å²) in [5.41, 5.74) is 6.66. The molecule has 2 rings (SSSR count). The minimum atomic E-state index is -0.834. The molecule has 6 heteroatoms. The first-order valence-electron chi connectivity index (χ1n) is 4.75. The number of anilines is 1. The predicted octanol–water partition coefficient (Wildman–Crippen LogP) is -0.537. The molecular formula is C9H12N4O2. The Bertz CT molecular complexity index is 409. The molecule has 0 unspecified atom stereocenters. The van der Waals surface area contributed by atoms with Gasteiger partial charge in [-0.2, -0.15) is 10.4 Å². The summed E-state index contributed by atoms with van der Waals surface area (Å²) in [7, 11) is 0. The number of aromatic amines is 1. The molecule has 0 bridgehead atoms. The molecule has 15 heavy (non-hydrogen) atoms. The molecule has 0 saturated heterocycles. The average molecular weight is 208 g/mol. The minimum absolute atomic E-state index is 0.138. The van der Waals surface area contributed by atoms with Crippen molar-refractivity contribution in [3.8, 4) is 6.07 Å². The average Bonchev–Trinajstić information content (AvgIpc) is 2.73. The fourth-order valence-corrected chi connectivity index (χ4v) is 2.01. The highest BCUT2D eigenvalue weighted by molar-refractivity contribution is 5.55. The second kappa shape index (κ2) is 3.53. The van der Waals surface area contributed by atoms with Crippen LogP contribution in [0.4, 0.5) is 5.69 Å². The van der Waals surface area contributed by atoms with Crippen LogP contribution < -0.4 is 5.73 Å². The second-order valence-electron chi connectivity index (χ2n) is 3.75. The molecule has 1 aromatic heterocycles. The first kappa shape index (κ1) is 9.96. The monoisotopic (exact) mass is 208 g/mol. The Morgan fingerprint density at radius 3 is 2.67 bits per heavy atom. The second-order valence-corrected chi connectivity index (χ2v) is 3.75. The first-order valence-corrected chi connectivity index (χ1v) is 4.75. The molecule has 6 nitrogen and oxygen atoms in total. The normalized spacial score (nSPS) is 30.3. The molecule has 3 atom stereocenters. The van der Waals surface area contributed by atoms with Gasteiger partial charge in [-0.05, 0) is 12.8 Å². The van der Waals surface area contributed by atoms with Crippen molar-refractivity contribution in [2.45, 2.75) is 31.0 Å². The van der Waals surface area contributed by atoms with Crippen molar-refractivity contribution < 1.29 is 10.2 Å². The number of nitrogens with two attached hydrogens (primary N) is 1. The molecule has 0 aliphatic heterocycles. The smallest absolute Gasteiger partial charge is 0.185 e. The summed E-state index contributed by atoms with van der Waals surface area (Å²) in [5.74, 6) is -0.255. The van der Waals surface area contributed by atoms with Gasteiger partial charge in [-0.25, -0.2) is 0 Å². The largest absolute Gasteiger partial charge is 0.395 e. The van der Waals surface area contributed by atoms with Crippen LogP contribution in [0.2, 0.25) is 0 Å². The van der Waals surface area contributed by atoms with E-state index in [2.05, 4.69) is 10.2 Å². The summed E-state index contributed by atoms with van der Waals surface area (Å²) >= 11 is 0. The van der Waals surface area contributed by atoms with Gasteiger partial charge in [0.1, 0.15) is 6.07 Å². The van der Waals surface area contributed by atoms with Gasteiger partial charge in [0.15, 0.2) is 5.69 Å². The topological polar surface area (TPSA) is 119 Å². The summed E-state index contributed by atoms with van der Waals surface area (Å²) in [5, 5.41) is 34.1. The zero-order chi connectivity index (χ0) is 11.0. The number of hydrogen-bond donors (Lipinski definition) is 4. The molecular weight excluding hydrogens is 196 g/mol. The molecule has 1 aliphatic rings. The summed E-state index contributed by atoms with van der Waals surface area (Å²) < 4.78 is 0. The molecule has 0 amide bonds. The van der Waals surface area contributed by atoms with Crippen LogP contribution in [0.15, 0.2) is 0 Å². The quantitative estimate of drug-likeness (QED) is 0.494. The van der Waals surface area contributed by atoms with Crippen LogP contribution in [0.5, 0.6) is 0 Å². The van der Waals surface area contributed by atoms with Crippen LogP contribution in [0.1, 0.15) is 30.1 Å². The van der Waals surface area contributed by atoms with Crippen molar-refractivity contribution in [3.05, 3.63) is 11.4 Å². The maximum Gasteiger partial charge on any atom is 0.185 e. The number of aliphatic hydroxyl groups excluding tert-OH is 2. The van der Waals surface area contributed by atoms with Gasteiger partial charge in [0.05, 0.1) is 23.6 Å². The maximum absolute atomic E-state index is 9.68. The number of aromatic nitrogens is 2. The molecule has 1 saturated carbocycles. The Morgan fingerprint density at radius 1 is 1.47 bits per heavy atom. The van der Waals surface area contributed by atoms with Crippen molar-refractivity contribution >= 4 is 5.69 Å². The number of nitriles is 1. The van der Waals surface area contributed by atoms with E-state index in [1.807, 2.05) is 6.07 Å². The Kier molecular flexibility index (Phi) is 2.34. The third-order valence-electron chi connectivity index (χ3n) is 2.89. The number of nitrogens with zero attached hydrogens (tertiary/aromatic N) is 2. The van der Waals surface area contributed by atoms with Gasteiger partial charge in [-0.15, -0.1) is 0 Å². The van der Waals surface area contributed by atoms with Crippen LogP contribution in [0, 0.1) is 11.3 Å². The molecule has 0 aromatic carbocycles. The van der Waals surface area contributed by atoms with Gasteiger partial charge >= 0.3 is 0 Å². The number of H-pyrrole nitrogens is 1. The van der Waals surface area contributed by atoms with E-state index in [0.717, 1.165) is 0 Å². The van der Waals surface area contributed by atoms with Crippen LogP contribution in [-0.4, -0.2) is 32.6 Å². The molecule has 5 N–H and O–H groups in total. The lowest BCUT2D eigenvalue weighted by Gasteiger charge is -2.15. The summed E-state index contributed by atoms with van der Waals surface area (Å²) in [6.07, 6.45) is -0.381. The molecule has 0 radical (unpaired) electrons. The van der Waals surface area contributed by atoms with Crippen molar-refractivity contribution in [1.82, 2.24) is 10.2 Å². The summed E-state index contributed by atoms with van der Waals surface area (Å²) in [6.45, 7) is 0. The van der Waals surface area contributed by atoms with Gasteiger partial charge < -0.3 is 15.9 Å². The van der Waals surface area contributed by atoms with Gasteiger partial charge in [0.25, 0.3) is 0 Å². The number of nitrogen functional groups attached to an aromatic ring is 1. The van der Waals surface area contributed by atoms with Gasteiger partial charge in [0, 0.05) is 5.92 Å². The SMILES string of the molecule is N#Cc1n[nH]c([C@@H]2CC[C@@H](O)[C@H]2O)c1N. The van der Waals surface area contributed by atoms with Gasteiger partial charge in [0.2, 0.25) is 0 Å². The molecule has 1 fully saturated rings. The van der Waals surface area contributed by atoms with Crippen LogP contribution >= 0.6 is 0 Å². The van der Waals surface area contributed by atoms with E-state index < -0.39 is 12.2 Å².